The molecule has 2 aliphatic rings. The minimum absolute atomic E-state index is 0.187. The summed E-state index contributed by atoms with van der Waals surface area (Å²) in [7, 11) is 0. The Balaban J connectivity index is 1.43. The highest BCUT2D eigenvalue weighted by atomic mass is 16.2. The largest absolute Gasteiger partial charge is 0.348 e. The van der Waals surface area contributed by atoms with Gasteiger partial charge in [-0.15, -0.1) is 0 Å². The summed E-state index contributed by atoms with van der Waals surface area (Å²) in [5.74, 6) is -0.970. The number of anilines is 1. The van der Waals surface area contributed by atoms with Crippen LogP contribution in [-0.2, 0) is 22.4 Å². The molecule has 0 bridgehead atoms. The topological polar surface area (TPSA) is 122 Å². The predicted octanol–water partition coefficient (Wildman–Crippen LogP) is 1.70. The van der Waals surface area contributed by atoms with Gasteiger partial charge in [-0.25, -0.2) is 4.98 Å². The van der Waals surface area contributed by atoms with Crippen molar-refractivity contribution in [1.82, 2.24) is 25.1 Å². The molecule has 2 heterocycles. The summed E-state index contributed by atoms with van der Waals surface area (Å²) in [6.45, 7) is 2.19. The lowest BCUT2D eigenvalue weighted by atomic mass is 9.97. The minimum atomic E-state index is -0.780. The number of carbonyl (C=O) groups excluding carboxylic acids is 2. The van der Waals surface area contributed by atoms with Crippen molar-refractivity contribution in [2.75, 3.05) is 11.9 Å². The fourth-order valence-electron chi connectivity index (χ4n) is 4.00. The monoisotopic (exact) mass is 410 g/mol. The normalized spacial score (nSPS) is 15.4. The number of H-pyrrole nitrogens is 1. The van der Waals surface area contributed by atoms with Crippen molar-refractivity contribution in [2.24, 2.45) is 0 Å². The number of nitrogens with zero attached hydrogens (tertiary/aromatic N) is 3. The van der Waals surface area contributed by atoms with Gasteiger partial charge in [0, 0.05) is 18.2 Å². The van der Waals surface area contributed by atoms with Crippen molar-refractivity contribution < 1.29 is 9.59 Å². The van der Waals surface area contributed by atoms with E-state index < -0.39 is 11.8 Å². The lowest BCUT2D eigenvalue weighted by Crippen LogP contribution is -2.36. The summed E-state index contributed by atoms with van der Waals surface area (Å²) in [6.07, 6.45) is 9.89. The fraction of sp³-hybridized carbons (Fsp3) is 0.476. The van der Waals surface area contributed by atoms with E-state index in [1.54, 1.807) is 13.0 Å². The molecular formula is C21H26N6O3. The maximum Gasteiger partial charge on any atom is 0.314 e. The molecule has 0 fully saturated rings. The smallest absolute Gasteiger partial charge is 0.314 e. The zero-order valence-corrected chi connectivity index (χ0v) is 17.1. The van der Waals surface area contributed by atoms with Gasteiger partial charge in [-0.2, -0.15) is 9.78 Å². The van der Waals surface area contributed by atoms with Crippen LogP contribution < -0.4 is 16.2 Å². The SMILES string of the molecule is Cc1cc(NC(=O)C(=O)NCCC2=CCCCC2)n(-c2nc3c(c(=O)[nH]2)CCC3)n1. The Bertz CT molecular complexity index is 1070. The number of hydrogen-bond acceptors (Lipinski definition) is 5. The first-order valence-electron chi connectivity index (χ1n) is 10.5. The van der Waals surface area contributed by atoms with Crippen molar-refractivity contribution in [3.8, 4) is 5.95 Å². The maximum atomic E-state index is 12.4. The molecule has 9 heteroatoms. The third-order valence-electron chi connectivity index (χ3n) is 5.53. The van der Waals surface area contributed by atoms with E-state index >= 15 is 0 Å². The number of allylic oxidation sites excluding steroid dienone is 1. The number of amides is 2. The molecule has 2 amide bonds. The second kappa shape index (κ2) is 8.64. The van der Waals surface area contributed by atoms with Gasteiger partial charge in [0.25, 0.3) is 5.56 Å². The highest BCUT2D eigenvalue weighted by Crippen LogP contribution is 2.20. The van der Waals surface area contributed by atoms with Crippen molar-refractivity contribution in [3.63, 3.8) is 0 Å². The van der Waals surface area contributed by atoms with E-state index in [9.17, 15) is 14.4 Å². The Kier molecular flexibility index (Phi) is 5.78. The van der Waals surface area contributed by atoms with E-state index in [-0.39, 0.29) is 17.3 Å². The Hall–Kier alpha value is -3.23. The number of aryl methyl sites for hydroxylation is 2. The number of fused-ring (bicyclic) bond motifs is 1. The summed E-state index contributed by atoms with van der Waals surface area (Å²) < 4.78 is 1.35. The molecule has 30 heavy (non-hydrogen) atoms. The number of aromatic amines is 1. The Morgan fingerprint density at radius 3 is 2.83 bits per heavy atom. The average molecular weight is 410 g/mol. The molecule has 0 aromatic carbocycles. The van der Waals surface area contributed by atoms with Crippen LogP contribution in [0.5, 0.6) is 0 Å². The molecule has 0 spiro atoms. The first kappa shape index (κ1) is 20.1. The van der Waals surface area contributed by atoms with Gasteiger partial charge < -0.3 is 10.6 Å². The van der Waals surface area contributed by atoms with Crippen LogP contribution in [0.3, 0.4) is 0 Å². The molecule has 3 N–H and O–H groups in total. The van der Waals surface area contributed by atoms with Crippen molar-refractivity contribution in [3.05, 3.63) is 45.0 Å². The summed E-state index contributed by atoms with van der Waals surface area (Å²) >= 11 is 0. The first-order chi connectivity index (χ1) is 14.5. The molecule has 158 valence electrons. The molecule has 9 nitrogen and oxygen atoms in total. The van der Waals surface area contributed by atoms with Crippen LogP contribution in [0.15, 0.2) is 22.5 Å². The lowest BCUT2D eigenvalue weighted by molar-refractivity contribution is -0.136. The molecule has 2 aromatic heterocycles. The number of rotatable bonds is 5. The molecule has 0 saturated carbocycles. The van der Waals surface area contributed by atoms with Gasteiger partial charge in [-0.05, 0) is 58.3 Å². The first-order valence-corrected chi connectivity index (χ1v) is 10.5. The van der Waals surface area contributed by atoms with Crippen LogP contribution in [0.4, 0.5) is 5.82 Å². The molecule has 2 aromatic rings. The average Bonchev–Trinajstić information content (AvgIpc) is 3.35. The summed E-state index contributed by atoms with van der Waals surface area (Å²) in [4.78, 5) is 44.1. The maximum absolute atomic E-state index is 12.4. The van der Waals surface area contributed by atoms with E-state index in [0.29, 0.717) is 17.8 Å². The zero-order chi connectivity index (χ0) is 21.1. The number of nitrogens with one attached hydrogen (secondary N) is 3. The molecular weight excluding hydrogens is 384 g/mol. The number of carbonyl (C=O) groups is 2. The van der Waals surface area contributed by atoms with E-state index in [1.165, 1.54) is 23.1 Å². The number of aromatic nitrogens is 4. The van der Waals surface area contributed by atoms with Crippen molar-refractivity contribution in [1.29, 1.82) is 0 Å². The van der Waals surface area contributed by atoms with Crippen molar-refractivity contribution in [2.45, 2.75) is 58.3 Å². The molecule has 4 rings (SSSR count). The van der Waals surface area contributed by atoms with Gasteiger partial charge in [0.2, 0.25) is 5.95 Å². The van der Waals surface area contributed by atoms with Gasteiger partial charge >= 0.3 is 11.8 Å². The highest BCUT2D eigenvalue weighted by Gasteiger charge is 2.21. The summed E-state index contributed by atoms with van der Waals surface area (Å²) in [5, 5.41) is 9.56. The third kappa shape index (κ3) is 4.34. The van der Waals surface area contributed by atoms with Crippen molar-refractivity contribution >= 4 is 17.6 Å². The van der Waals surface area contributed by atoms with Gasteiger partial charge in [0.15, 0.2) is 0 Å². The summed E-state index contributed by atoms with van der Waals surface area (Å²) in [6, 6.07) is 1.63. The second-order valence-corrected chi connectivity index (χ2v) is 7.82. The minimum Gasteiger partial charge on any atom is -0.348 e. The number of hydrogen-bond donors (Lipinski definition) is 3. The van der Waals surface area contributed by atoms with E-state index in [1.807, 2.05) is 0 Å². The van der Waals surface area contributed by atoms with Crippen LogP contribution in [0, 0.1) is 6.92 Å². The highest BCUT2D eigenvalue weighted by molar-refractivity contribution is 6.39. The molecule has 0 unspecified atom stereocenters. The second-order valence-electron chi connectivity index (χ2n) is 7.82. The van der Waals surface area contributed by atoms with Gasteiger partial charge in [0.05, 0.1) is 11.4 Å². The molecule has 2 aliphatic carbocycles. The van der Waals surface area contributed by atoms with Gasteiger partial charge in [0.1, 0.15) is 5.82 Å². The lowest BCUT2D eigenvalue weighted by Gasteiger charge is -2.13. The Morgan fingerprint density at radius 1 is 1.17 bits per heavy atom. The van der Waals surface area contributed by atoms with Crippen LogP contribution in [0.1, 0.15) is 55.5 Å². The van der Waals surface area contributed by atoms with Crippen LogP contribution in [0.25, 0.3) is 5.95 Å². The molecule has 0 radical (unpaired) electrons. The van der Waals surface area contributed by atoms with Gasteiger partial charge in [-0.1, -0.05) is 11.6 Å². The fourth-order valence-corrected chi connectivity index (χ4v) is 4.00. The summed E-state index contributed by atoms with van der Waals surface area (Å²) in [5.41, 5.74) is 3.24. The standard InChI is InChI=1S/C21H26N6O3/c1-13-12-17(24-20(30)19(29)22-11-10-14-6-3-2-4-7-14)27(26-13)21-23-16-9-5-8-15(16)18(28)25-21/h6,12H,2-5,7-11H2,1H3,(H,22,29)(H,24,30)(H,23,25,28). The zero-order valence-electron chi connectivity index (χ0n) is 17.1. The van der Waals surface area contributed by atoms with E-state index in [4.69, 9.17) is 0 Å². The van der Waals surface area contributed by atoms with E-state index in [0.717, 1.165) is 44.2 Å². The molecule has 0 atom stereocenters. The van der Waals surface area contributed by atoms with Crippen LogP contribution in [-0.4, -0.2) is 38.1 Å². The third-order valence-corrected chi connectivity index (χ3v) is 5.53. The molecule has 0 saturated heterocycles. The Labute approximate surface area is 174 Å². The van der Waals surface area contributed by atoms with E-state index in [2.05, 4.69) is 31.8 Å². The van der Waals surface area contributed by atoms with Gasteiger partial charge in [-0.3, -0.25) is 19.4 Å². The van der Waals surface area contributed by atoms with Crippen LogP contribution >= 0.6 is 0 Å². The predicted molar refractivity (Wildman–Crippen MR) is 112 cm³/mol. The quantitative estimate of drug-likeness (QED) is 0.512. The molecule has 0 aliphatic heterocycles. The Morgan fingerprint density at radius 2 is 2.03 bits per heavy atom. The van der Waals surface area contributed by atoms with Crippen LogP contribution in [0.2, 0.25) is 0 Å².